The number of rotatable bonds is 5. The second kappa shape index (κ2) is 7.11. The zero-order valence-electron chi connectivity index (χ0n) is 13.0. The first kappa shape index (κ1) is 16.8. The number of piperidine rings is 1. The molecule has 2 rings (SSSR count). The van der Waals surface area contributed by atoms with E-state index in [0.717, 1.165) is 24.9 Å². The van der Waals surface area contributed by atoms with Gasteiger partial charge in [0.05, 0.1) is 17.4 Å². The third-order valence-corrected chi connectivity index (χ3v) is 5.10. The minimum atomic E-state index is -3.29. The lowest BCUT2D eigenvalue weighted by molar-refractivity contribution is -0.120. The van der Waals surface area contributed by atoms with Crippen LogP contribution in [0.5, 0.6) is 0 Å². The van der Waals surface area contributed by atoms with Gasteiger partial charge in [0.25, 0.3) is 0 Å². The van der Waals surface area contributed by atoms with Crippen LogP contribution in [-0.2, 0) is 14.8 Å². The molecule has 1 atom stereocenters. The van der Waals surface area contributed by atoms with Gasteiger partial charge in [0.15, 0.2) is 0 Å². The van der Waals surface area contributed by atoms with Crippen molar-refractivity contribution in [1.29, 1.82) is 0 Å². The molecule has 1 aliphatic rings. The van der Waals surface area contributed by atoms with Crippen molar-refractivity contribution in [2.45, 2.75) is 26.7 Å². The van der Waals surface area contributed by atoms with Crippen molar-refractivity contribution >= 4 is 27.3 Å². The van der Waals surface area contributed by atoms with Gasteiger partial charge in [-0.05, 0) is 57.0 Å². The molecular formula is C15H23N3O3S. The van der Waals surface area contributed by atoms with E-state index in [4.69, 9.17) is 0 Å². The molecule has 122 valence electrons. The minimum absolute atomic E-state index is 0.00710. The fourth-order valence-corrected chi connectivity index (χ4v) is 3.12. The molecule has 0 bridgehead atoms. The summed E-state index contributed by atoms with van der Waals surface area (Å²) in [6, 6.07) is 5.17. The number of amides is 1. The van der Waals surface area contributed by atoms with Crippen molar-refractivity contribution in [3.63, 3.8) is 0 Å². The van der Waals surface area contributed by atoms with E-state index in [2.05, 4.69) is 15.4 Å². The Morgan fingerprint density at radius 1 is 1.41 bits per heavy atom. The summed E-state index contributed by atoms with van der Waals surface area (Å²) in [5.74, 6) is 0.0281. The molecule has 1 unspecified atom stereocenters. The van der Waals surface area contributed by atoms with E-state index in [-0.39, 0.29) is 17.6 Å². The molecule has 0 aliphatic carbocycles. The maximum absolute atomic E-state index is 12.2. The van der Waals surface area contributed by atoms with Crippen molar-refractivity contribution in [3.8, 4) is 0 Å². The van der Waals surface area contributed by atoms with Gasteiger partial charge in [0.1, 0.15) is 0 Å². The number of carbonyl (C=O) groups is 1. The van der Waals surface area contributed by atoms with Crippen LogP contribution in [0.3, 0.4) is 0 Å². The molecule has 6 nitrogen and oxygen atoms in total. The Morgan fingerprint density at radius 2 is 2.18 bits per heavy atom. The summed E-state index contributed by atoms with van der Waals surface area (Å²) in [5, 5.41) is 6.12. The Labute approximate surface area is 131 Å². The average Bonchev–Trinajstić information content (AvgIpc) is 2.51. The molecule has 3 N–H and O–H groups in total. The van der Waals surface area contributed by atoms with Gasteiger partial charge in [-0.1, -0.05) is 0 Å². The minimum Gasteiger partial charge on any atom is -0.326 e. The van der Waals surface area contributed by atoms with Crippen LogP contribution in [0.25, 0.3) is 0 Å². The van der Waals surface area contributed by atoms with E-state index < -0.39 is 10.0 Å². The second-order valence-electron chi connectivity index (χ2n) is 5.57. The number of hydrogen-bond acceptors (Lipinski definition) is 4. The molecular weight excluding hydrogens is 302 g/mol. The van der Waals surface area contributed by atoms with Gasteiger partial charge in [-0.2, -0.15) is 0 Å². The molecule has 1 aliphatic heterocycles. The average molecular weight is 325 g/mol. The third kappa shape index (κ3) is 4.45. The van der Waals surface area contributed by atoms with Gasteiger partial charge in [-0.3, -0.25) is 9.52 Å². The fraction of sp³-hybridized carbons (Fsp3) is 0.533. The van der Waals surface area contributed by atoms with Gasteiger partial charge in [0, 0.05) is 12.2 Å². The molecule has 1 saturated heterocycles. The first-order chi connectivity index (χ1) is 10.4. The van der Waals surface area contributed by atoms with Crippen LogP contribution in [0.2, 0.25) is 0 Å². The molecule has 1 amide bonds. The predicted molar refractivity (Wildman–Crippen MR) is 88.5 cm³/mol. The van der Waals surface area contributed by atoms with Crippen LogP contribution in [0, 0.1) is 12.8 Å². The Morgan fingerprint density at radius 3 is 2.77 bits per heavy atom. The van der Waals surface area contributed by atoms with Crippen LogP contribution in [-0.4, -0.2) is 33.2 Å². The van der Waals surface area contributed by atoms with Crippen LogP contribution < -0.4 is 15.4 Å². The van der Waals surface area contributed by atoms with Crippen LogP contribution >= 0.6 is 0 Å². The van der Waals surface area contributed by atoms with Crippen molar-refractivity contribution in [1.82, 2.24) is 5.32 Å². The van der Waals surface area contributed by atoms with Crippen molar-refractivity contribution in [2.75, 3.05) is 28.9 Å². The van der Waals surface area contributed by atoms with E-state index in [1.165, 1.54) is 0 Å². The van der Waals surface area contributed by atoms with Crippen LogP contribution in [0.1, 0.15) is 25.3 Å². The number of anilines is 2. The van der Waals surface area contributed by atoms with E-state index in [1.807, 2.05) is 6.92 Å². The fourth-order valence-electron chi connectivity index (χ4n) is 2.42. The van der Waals surface area contributed by atoms with E-state index in [1.54, 1.807) is 25.1 Å². The molecule has 1 aromatic rings. The van der Waals surface area contributed by atoms with Crippen LogP contribution in [0.4, 0.5) is 11.4 Å². The number of carbonyl (C=O) groups excluding carboxylic acids is 1. The molecule has 1 aromatic carbocycles. The number of hydrogen-bond donors (Lipinski definition) is 3. The Kier molecular flexibility index (Phi) is 5.42. The largest absolute Gasteiger partial charge is 0.326 e. The quantitative estimate of drug-likeness (QED) is 0.769. The Bertz CT molecular complexity index is 637. The lowest BCUT2D eigenvalue weighted by atomic mass is 9.98. The lowest BCUT2D eigenvalue weighted by Gasteiger charge is -2.22. The molecule has 0 radical (unpaired) electrons. The maximum atomic E-state index is 12.2. The van der Waals surface area contributed by atoms with Gasteiger partial charge < -0.3 is 10.6 Å². The number of sulfonamides is 1. The highest BCUT2D eigenvalue weighted by Gasteiger charge is 2.21. The normalized spacial score (nSPS) is 18.7. The molecule has 1 fully saturated rings. The molecule has 22 heavy (non-hydrogen) atoms. The summed E-state index contributed by atoms with van der Waals surface area (Å²) in [4.78, 5) is 12.2. The standard InChI is InChI=1S/C15H23N3O3S/c1-3-22(20,21)18-14-7-6-13(9-11(14)2)17-15(19)12-5-4-8-16-10-12/h6-7,9,12,16,18H,3-5,8,10H2,1-2H3,(H,17,19). The van der Waals surface area contributed by atoms with E-state index in [9.17, 15) is 13.2 Å². The SMILES string of the molecule is CCS(=O)(=O)Nc1ccc(NC(=O)C2CCCNC2)cc1C. The number of benzene rings is 1. The Hall–Kier alpha value is -1.60. The highest BCUT2D eigenvalue weighted by Crippen LogP contribution is 2.22. The smallest absolute Gasteiger partial charge is 0.232 e. The molecule has 0 saturated carbocycles. The maximum Gasteiger partial charge on any atom is 0.232 e. The molecule has 7 heteroatoms. The van der Waals surface area contributed by atoms with Gasteiger partial charge in [-0.25, -0.2) is 8.42 Å². The summed E-state index contributed by atoms with van der Waals surface area (Å²) < 4.78 is 25.7. The Balaban J connectivity index is 2.04. The number of nitrogens with one attached hydrogen (secondary N) is 3. The predicted octanol–water partition coefficient (Wildman–Crippen LogP) is 1.69. The summed E-state index contributed by atoms with van der Waals surface area (Å²) in [6.07, 6.45) is 1.90. The van der Waals surface area contributed by atoms with Crippen molar-refractivity contribution in [3.05, 3.63) is 23.8 Å². The molecule has 0 aromatic heterocycles. The second-order valence-corrected chi connectivity index (χ2v) is 7.58. The van der Waals surface area contributed by atoms with Gasteiger partial charge in [0.2, 0.25) is 15.9 Å². The monoisotopic (exact) mass is 325 g/mol. The summed E-state index contributed by atoms with van der Waals surface area (Å²) in [7, 11) is -3.29. The summed E-state index contributed by atoms with van der Waals surface area (Å²) >= 11 is 0. The summed E-state index contributed by atoms with van der Waals surface area (Å²) in [5.41, 5.74) is 2.00. The molecule has 1 heterocycles. The zero-order valence-corrected chi connectivity index (χ0v) is 13.8. The highest BCUT2D eigenvalue weighted by molar-refractivity contribution is 7.92. The first-order valence-corrected chi connectivity index (χ1v) is 9.19. The van der Waals surface area contributed by atoms with Crippen LogP contribution in [0.15, 0.2) is 18.2 Å². The van der Waals surface area contributed by atoms with Crippen molar-refractivity contribution in [2.24, 2.45) is 5.92 Å². The van der Waals surface area contributed by atoms with E-state index in [0.29, 0.717) is 17.9 Å². The first-order valence-electron chi connectivity index (χ1n) is 7.54. The molecule has 0 spiro atoms. The van der Waals surface area contributed by atoms with Gasteiger partial charge in [-0.15, -0.1) is 0 Å². The summed E-state index contributed by atoms with van der Waals surface area (Å²) in [6.45, 7) is 5.07. The van der Waals surface area contributed by atoms with E-state index >= 15 is 0 Å². The lowest BCUT2D eigenvalue weighted by Crippen LogP contribution is -2.37. The number of aryl methyl sites for hydroxylation is 1. The highest BCUT2D eigenvalue weighted by atomic mass is 32.2. The third-order valence-electron chi connectivity index (χ3n) is 3.81. The topological polar surface area (TPSA) is 87.3 Å². The van der Waals surface area contributed by atoms with Gasteiger partial charge >= 0.3 is 0 Å². The van der Waals surface area contributed by atoms with Crippen molar-refractivity contribution < 1.29 is 13.2 Å². The zero-order chi connectivity index (χ0) is 16.2.